The third-order valence-corrected chi connectivity index (χ3v) is 4.18. The maximum atomic E-state index is 12.1. The molecule has 0 radical (unpaired) electrons. The lowest BCUT2D eigenvalue weighted by atomic mass is 10.3. The van der Waals surface area contributed by atoms with Gasteiger partial charge in [-0.2, -0.15) is 0 Å². The Morgan fingerprint density at radius 3 is 3.00 bits per heavy atom. The van der Waals surface area contributed by atoms with E-state index in [2.05, 4.69) is 10.3 Å². The van der Waals surface area contributed by atoms with Crippen molar-refractivity contribution < 1.29 is 13.9 Å². The fraction of sp³-hybridized carbons (Fsp3) is 0.176. The molecule has 118 valence electrons. The van der Waals surface area contributed by atoms with E-state index in [1.165, 1.54) is 11.8 Å². The van der Waals surface area contributed by atoms with E-state index in [1.807, 2.05) is 36.4 Å². The second kappa shape index (κ2) is 6.75. The van der Waals surface area contributed by atoms with E-state index in [9.17, 15) is 4.79 Å². The van der Waals surface area contributed by atoms with Crippen molar-refractivity contribution in [3.05, 3.63) is 48.4 Å². The summed E-state index contributed by atoms with van der Waals surface area (Å²) in [5.74, 6) is 1.63. The van der Waals surface area contributed by atoms with Gasteiger partial charge in [0.05, 0.1) is 12.9 Å². The average Bonchev–Trinajstić information content (AvgIpc) is 2.92. The maximum Gasteiger partial charge on any atom is 0.234 e. The lowest BCUT2D eigenvalue weighted by molar-refractivity contribution is -0.113. The fourth-order valence-electron chi connectivity index (χ4n) is 2.15. The second-order valence-corrected chi connectivity index (χ2v) is 5.98. The van der Waals surface area contributed by atoms with Crippen LogP contribution < -0.4 is 10.1 Å². The number of thioether (sulfide) groups is 1. The van der Waals surface area contributed by atoms with Crippen LogP contribution in [0.2, 0.25) is 0 Å². The molecule has 0 aliphatic heterocycles. The van der Waals surface area contributed by atoms with Crippen molar-refractivity contribution in [3.63, 3.8) is 0 Å². The number of methoxy groups -OCH3 is 1. The topological polar surface area (TPSA) is 64.4 Å². The van der Waals surface area contributed by atoms with E-state index in [0.29, 0.717) is 22.9 Å². The number of anilines is 1. The monoisotopic (exact) mass is 328 g/mol. The third-order valence-electron chi connectivity index (χ3n) is 3.19. The fourth-order valence-corrected chi connectivity index (χ4v) is 2.90. The number of nitrogens with one attached hydrogen (secondary N) is 1. The molecule has 0 aliphatic rings. The molecule has 0 fully saturated rings. The smallest absolute Gasteiger partial charge is 0.234 e. The van der Waals surface area contributed by atoms with Gasteiger partial charge in [-0.05, 0) is 30.3 Å². The van der Waals surface area contributed by atoms with Crippen LogP contribution in [0.3, 0.4) is 0 Å². The van der Waals surface area contributed by atoms with Crippen molar-refractivity contribution in [2.75, 3.05) is 18.2 Å². The number of rotatable bonds is 5. The first-order chi connectivity index (χ1) is 11.1. The molecule has 0 saturated carbocycles. The standard InChI is InChI=1S/C17H16N2O3S/c1-11-18-15-7-6-12(8-16(15)22-11)19-17(20)10-23-14-5-3-4-13(9-14)21-2/h3-9H,10H2,1-2H3,(H,19,20). The maximum absolute atomic E-state index is 12.1. The Hall–Kier alpha value is -2.47. The molecule has 0 atom stereocenters. The number of fused-ring (bicyclic) bond motifs is 1. The molecule has 1 aromatic heterocycles. The highest BCUT2D eigenvalue weighted by atomic mass is 32.2. The van der Waals surface area contributed by atoms with Crippen LogP contribution in [-0.2, 0) is 4.79 Å². The Morgan fingerprint density at radius 1 is 1.30 bits per heavy atom. The Morgan fingerprint density at radius 2 is 2.17 bits per heavy atom. The largest absolute Gasteiger partial charge is 0.497 e. The number of aryl methyl sites for hydroxylation is 1. The minimum Gasteiger partial charge on any atom is -0.497 e. The molecule has 0 spiro atoms. The van der Waals surface area contributed by atoms with Gasteiger partial charge in [0, 0.05) is 23.6 Å². The van der Waals surface area contributed by atoms with E-state index >= 15 is 0 Å². The van der Waals surface area contributed by atoms with Gasteiger partial charge in [0.25, 0.3) is 0 Å². The third kappa shape index (κ3) is 3.84. The van der Waals surface area contributed by atoms with Crippen molar-refractivity contribution in [2.45, 2.75) is 11.8 Å². The SMILES string of the molecule is COc1cccc(SCC(=O)Nc2ccc3nc(C)oc3c2)c1. The first-order valence-corrected chi connectivity index (χ1v) is 8.06. The van der Waals surface area contributed by atoms with Gasteiger partial charge in [-0.1, -0.05) is 6.07 Å². The number of carbonyl (C=O) groups excluding carboxylic acids is 1. The minimum absolute atomic E-state index is 0.0755. The molecule has 1 amide bonds. The van der Waals surface area contributed by atoms with Gasteiger partial charge >= 0.3 is 0 Å². The minimum atomic E-state index is -0.0755. The van der Waals surface area contributed by atoms with Crippen LogP contribution in [0.15, 0.2) is 51.8 Å². The average molecular weight is 328 g/mol. The van der Waals surface area contributed by atoms with E-state index < -0.39 is 0 Å². The lowest BCUT2D eigenvalue weighted by Crippen LogP contribution is -2.13. The molecule has 23 heavy (non-hydrogen) atoms. The molecular weight excluding hydrogens is 312 g/mol. The first kappa shape index (κ1) is 15.4. The summed E-state index contributed by atoms with van der Waals surface area (Å²) >= 11 is 1.46. The van der Waals surface area contributed by atoms with Crippen molar-refractivity contribution >= 4 is 34.5 Å². The summed E-state index contributed by atoms with van der Waals surface area (Å²) < 4.78 is 10.6. The van der Waals surface area contributed by atoms with Gasteiger partial charge in [0.2, 0.25) is 5.91 Å². The van der Waals surface area contributed by atoms with E-state index in [0.717, 1.165) is 16.2 Å². The zero-order valence-corrected chi connectivity index (χ0v) is 13.6. The predicted molar refractivity (Wildman–Crippen MR) is 91.1 cm³/mol. The van der Waals surface area contributed by atoms with E-state index in [-0.39, 0.29) is 5.91 Å². The summed E-state index contributed by atoms with van der Waals surface area (Å²) in [6, 6.07) is 13.1. The molecule has 0 aliphatic carbocycles. The number of amides is 1. The van der Waals surface area contributed by atoms with Crippen LogP contribution >= 0.6 is 11.8 Å². The zero-order valence-electron chi connectivity index (χ0n) is 12.8. The Bertz CT molecular complexity index is 845. The number of carbonyl (C=O) groups is 1. The highest BCUT2D eigenvalue weighted by Gasteiger charge is 2.07. The summed E-state index contributed by atoms with van der Waals surface area (Å²) in [6.45, 7) is 1.79. The second-order valence-electron chi connectivity index (χ2n) is 4.93. The Kier molecular flexibility index (Phi) is 4.52. The normalized spacial score (nSPS) is 10.7. The van der Waals surface area contributed by atoms with Gasteiger partial charge in [-0.3, -0.25) is 4.79 Å². The molecule has 1 N–H and O–H groups in total. The Labute approximate surface area is 138 Å². The summed E-state index contributed by atoms with van der Waals surface area (Å²) in [5, 5.41) is 2.86. The van der Waals surface area contributed by atoms with Crippen LogP contribution in [0.1, 0.15) is 5.89 Å². The number of aromatic nitrogens is 1. The van der Waals surface area contributed by atoms with E-state index in [1.54, 1.807) is 20.1 Å². The van der Waals surface area contributed by atoms with Gasteiger partial charge in [-0.25, -0.2) is 4.98 Å². The highest BCUT2D eigenvalue weighted by molar-refractivity contribution is 8.00. The first-order valence-electron chi connectivity index (χ1n) is 7.08. The van der Waals surface area contributed by atoms with Crippen molar-refractivity contribution in [2.24, 2.45) is 0 Å². The molecule has 0 unspecified atom stereocenters. The molecule has 6 heteroatoms. The van der Waals surface area contributed by atoms with Crippen LogP contribution in [0.25, 0.3) is 11.1 Å². The summed E-state index contributed by atoms with van der Waals surface area (Å²) in [4.78, 5) is 17.3. The van der Waals surface area contributed by atoms with Gasteiger partial charge < -0.3 is 14.5 Å². The van der Waals surface area contributed by atoms with Crippen LogP contribution in [0.5, 0.6) is 5.75 Å². The molecule has 5 nitrogen and oxygen atoms in total. The molecule has 3 aromatic rings. The van der Waals surface area contributed by atoms with Crippen LogP contribution in [-0.4, -0.2) is 23.8 Å². The molecule has 1 heterocycles. The molecule has 0 bridgehead atoms. The van der Waals surface area contributed by atoms with Gasteiger partial charge in [0.15, 0.2) is 11.5 Å². The summed E-state index contributed by atoms with van der Waals surface area (Å²) in [5.41, 5.74) is 2.15. The van der Waals surface area contributed by atoms with Crippen LogP contribution in [0, 0.1) is 6.92 Å². The molecule has 2 aromatic carbocycles. The molecule has 0 saturated heterocycles. The quantitative estimate of drug-likeness (QED) is 0.720. The number of oxazole rings is 1. The van der Waals surface area contributed by atoms with E-state index in [4.69, 9.17) is 9.15 Å². The number of hydrogen-bond donors (Lipinski definition) is 1. The van der Waals surface area contributed by atoms with Crippen molar-refractivity contribution in [1.29, 1.82) is 0 Å². The summed E-state index contributed by atoms with van der Waals surface area (Å²) in [7, 11) is 1.62. The van der Waals surface area contributed by atoms with Crippen molar-refractivity contribution in [3.8, 4) is 5.75 Å². The Balaban J connectivity index is 1.61. The van der Waals surface area contributed by atoms with Crippen molar-refractivity contribution in [1.82, 2.24) is 4.98 Å². The number of nitrogens with zero attached hydrogens (tertiary/aromatic N) is 1. The number of hydrogen-bond acceptors (Lipinski definition) is 5. The summed E-state index contributed by atoms with van der Waals surface area (Å²) in [6.07, 6.45) is 0. The van der Waals surface area contributed by atoms with Gasteiger partial charge in [-0.15, -0.1) is 11.8 Å². The number of benzene rings is 2. The lowest BCUT2D eigenvalue weighted by Gasteiger charge is -2.06. The highest BCUT2D eigenvalue weighted by Crippen LogP contribution is 2.24. The van der Waals surface area contributed by atoms with Crippen LogP contribution in [0.4, 0.5) is 5.69 Å². The predicted octanol–water partition coefficient (Wildman–Crippen LogP) is 3.88. The number of ether oxygens (including phenoxy) is 1. The van der Waals surface area contributed by atoms with Gasteiger partial charge in [0.1, 0.15) is 11.3 Å². The molecule has 3 rings (SSSR count). The zero-order chi connectivity index (χ0) is 16.2. The molecular formula is C17H16N2O3S.